The number of H-pyrrole nitrogens is 1. The lowest BCUT2D eigenvalue weighted by atomic mass is 10.1. The van der Waals surface area contributed by atoms with Crippen molar-refractivity contribution in [1.82, 2.24) is 20.5 Å². The lowest BCUT2D eigenvalue weighted by Crippen LogP contribution is -2.31. The maximum atomic E-state index is 6.04. The molecule has 25 heavy (non-hydrogen) atoms. The van der Waals surface area contributed by atoms with Crippen LogP contribution in [0.5, 0.6) is 5.75 Å². The molecule has 0 radical (unpaired) electrons. The largest absolute Gasteiger partial charge is 0.489 e. The molecule has 2 atom stereocenters. The summed E-state index contributed by atoms with van der Waals surface area (Å²) in [5.74, 6) is 0.841. The first-order chi connectivity index (χ1) is 12.2. The summed E-state index contributed by atoms with van der Waals surface area (Å²) < 4.78 is 12.0. The molecular formula is C19H22N4O2. The van der Waals surface area contributed by atoms with Crippen LogP contribution in [-0.2, 0) is 4.74 Å². The molecule has 4 bridgehead atoms. The summed E-state index contributed by atoms with van der Waals surface area (Å²) in [5, 5.41) is 12.0. The molecule has 2 aromatic heterocycles. The summed E-state index contributed by atoms with van der Waals surface area (Å²) in [6.45, 7) is 6.29. The molecule has 3 heterocycles. The Kier molecular flexibility index (Phi) is 4.38. The highest BCUT2D eigenvalue weighted by Gasteiger charge is 2.14. The molecule has 6 heteroatoms. The third-order valence-corrected chi connectivity index (χ3v) is 4.45. The Morgan fingerprint density at radius 2 is 2.08 bits per heavy atom. The molecule has 0 amide bonds. The number of nitrogens with one attached hydrogen (secondary N) is 2. The van der Waals surface area contributed by atoms with Gasteiger partial charge >= 0.3 is 0 Å². The molecule has 0 spiro atoms. The highest BCUT2D eigenvalue weighted by molar-refractivity contribution is 5.93. The van der Waals surface area contributed by atoms with E-state index in [9.17, 15) is 0 Å². The van der Waals surface area contributed by atoms with Crippen LogP contribution in [0.4, 0.5) is 0 Å². The summed E-state index contributed by atoms with van der Waals surface area (Å²) in [6, 6.07) is 8.11. The Morgan fingerprint density at radius 3 is 3.00 bits per heavy atom. The van der Waals surface area contributed by atoms with Gasteiger partial charge in [-0.3, -0.25) is 10.1 Å². The minimum Gasteiger partial charge on any atom is -0.489 e. The smallest absolute Gasteiger partial charge is 0.120 e. The van der Waals surface area contributed by atoms with Gasteiger partial charge in [0.15, 0.2) is 0 Å². The van der Waals surface area contributed by atoms with Gasteiger partial charge in [-0.15, -0.1) is 0 Å². The molecule has 1 aliphatic rings. The van der Waals surface area contributed by atoms with Crippen LogP contribution in [0.15, 0.2) is 36.7 Å². The van der Waals surface area contributed by atoms with Gasteiger partial charge in [0.1, 0.15) is 17.5 Å². The van der Waals surface area contributed by atoms with E-state index in [-0.39, 0.29) is 12.2 Å². The fourth-order valence-corrected chi connectivity index (χ4v) is 3.08. The third kappa shape index (κ3) is 3.36. The van der Waals surface area contributed by atoms with Crippen molar-refractivity contribution < 1.29 is 9.47 Å². The lowest BCUT2D eigenvalue weighted by molar-refractivity contribution is 0.0663. The van der Waals surface area contributed by atoms with Gasteiger partial charge in [-0.25, -0.2) is 0 Å². The second-order valence-corrected chi connectivity index (χ2v) is 6.43. The van der Waals surface area contributed by atoms with Crippen LogP contribution in [0.2, 0.25) is 0 Å². The molecule has 1 aromatic carbocycles. The zero-order valence-corrected chi connectivity index (χ0v) is 14.5. The van der Waals surface area contributed by atoms with Crippen LogP contribution >= 0.6 is 0 Å². The lowest BCUT2D eigenvalue weighted by Gasteiger charge is -2.16. The van der Waals surface area contributed by atoms with E-state index in [1.165, 1.54) is 0 Å². The second kappa shape index (κ2) is 6.82. The van der Waals surface area contributed by atoms with Crippen molar-refractivity contribution in [3.63, 3.8) is 0 Å². The number of pyridine rings is 1. The quantitative estimate of drug-likeness (QED) is 0.659. The Bertz CT molecular complexity index is 877. The first-order valence-corrected chi connectivity index (χ1v) is 8.63. The van der Waals surface area contributed by atoms with E-state index in [1.807, 2.05) is 37.5 Å². The molecule has 6 nitrogen and oxygen atoms in total. The van der Waals surface area contributed by atoms with E-state index in [0.29, 0.717) is 6.61 Å². The van der Waals surface area contributed by atoms with E-state index in [1.54, 1.807) is 0 Å². The molecule has 2 N–H and O–H groups in total. The molecule has 3 aromatic rings. The van der Waals surface area contributed by atoms with E-state index in [2.05, 4.69) is 33.5 Å². The van der Waals surface area contributed by atoms with E-state index < -0.39 is 0 Å². The minimum atomic E-state index is -0.0196. The van der Waals surface area contributed by atoms with Gasteiger partial charge in [0.25, 0.3) is 0 Å². The molecular weight excluding hydrogens is 316 g/mol. The summed E-state index contributed by atoms with van der Waals surface area (Å²) in [6.07, 6.45) is 3.74. The minimum absolute atomic E-state index is 0.0196. The van der Waals surface area contributed by atoms with Crippen molar-refractivity contribution >= 4 is 10.9 Å². The second-order valence-electron chi connectivity index (χ2n) is 6.43. The highest BCUT2D eigenvalue weighted by Crippen LogP contribution is 2.30. The average molecular weight is 338 g/mol. The standard InChI is InChI=1S/C19H22N4O2/c1-12-9-20-5-6-24-13(2)14-7-15(11-21-10-14)19-17-8-16(25-12)3-4-18(17)22-23-19/h3-4,7-8,10-13,20H,5-6,9H2,1-2H3,(H,22,23). The van der Waals surface area contributed by atoms with Gasteiger partial charge in [0.05, 0.1) is 18.2 Å². The van der Waals surface area contributed by atoms with Crippen molar-refractivity contribution in [3.8, 4) is 17.0 Å². The van der Waals surface area contributed by atoms with Crippen molar-refractivity contribution in [2.45, 2.75) is 26.1 Å². The monoisotopic (exact) mass is 338 g/mol. The Labute approximate surface area is 146 Å². The van der Waals surface area contributed by atoms with Crippen molar-refractivity contribution in [3.05, 3.63) is 42.2 Å². The highest BCUT2D eigenvalue weighted by atomic mass is 16.5. The fraction of sp³-hybridized carbons (Fsp3) is 0.368. The van der Waals surface area contributed by atoms with Gasteiger partial charge in [-0.1, -0.05) is 0 Å². The molecule has 0 aliphatic carbocycles. The Hall–Kier alpha value is -2.44. The zero-order chi connectivity index (χ0) is 17.2. The average Bonchev–Trinajstić information content (AvgIpc) is 3.04. The van der Waals surface area contributed by atoms with E-state index in [4.69, 9.17) is 9.47 Å². The number of benzene rings is 1. The van der Waals surface area contributed by atoms with Crippen LogP contribution in [-0.4, -0.2) is 41.0 Å². The van der Waals surface area contributed by atoms with Crippen molar-refractivity contribution in [2.75, 3.05) is 19.7 Å². The van der Waals surface area contributed by atoms with Crippen LogP contribution in [0, 0.1) is 0 Å². The third-order valence-electron chi connectivity index (χ3n) is 4.45. The molecule has 4 rings (SSSR count). The van der Waals surface area contributed by atoms with Gasteiger partial charge in [0.2, 0.25) is 0 Å². The topological polar surface area (TPSA) is 72.1 Å². The predicted molar refractivity (Wildman–Crippen MR) is 96.7 cm³/mol. The predicted octanol–water partition coefficient (Wildman–Crippen LogP) is 3.07. The molecule has 0 saturated carbocycles. The summed E-state index contributed by atoms with van der Waals surface area (Å²) in [4.78, 5) is 4.38. The number of ether oxygens (including phenoxy) is 2. The maximum absolute atomic E-state index is 6.04. The normalized spacial score (nSPS) is 21.5. The fourth-order valence-electron chi connectivity index (χ4n) is 3.08. The number of rotatable bonds is 0. The van der Waals surface area contributed by atoms with Crippen molar-refractivity contribution in [2.24, 2.45) is 0 Å². The van der Waals surface area contributed by atoms with Gasteiger partial charge in [0, 0.05) is 36.4 Å². The van der Waals surface area contributed by atoms with E-state index >= 15 is 0 Å². The van der Waals surface area contributed by atoms with Gasteiger partial charge < -0.3 is 14.8 Å². The van der Waals surface area contributed by atoms with Gasteiger partial charge in [-0.05, 0) is 43.7 Å². The van der Waals surface area contributed by atoms with Crippen LogP contribution < -0.4 is 10.1 Å². The molecule has 0 fully saturated rings. The van der Waals surface area contributed by atoms with Gasteiger partial charge in [-0.2, -0.15) is 5.10 Å². The number of hydrogen-bond donors (Lipinski definition) is 2. The van der Waals surface area contributed by atoms with Crippen LogP contribution in [0.1, 0.15) is 25.5 Å². The summed E-state index contributed by atoms with van der Waals surface area (Å²) in [7, 11) is 0. The van der Waals surface area contributed by atoms with Crippen LogP contribution in [0.3, 0.4) is 0 Å². The number of aromatic nitrogens is 3. The Morgan fingerprint density at radius 1 is 1.16 bits per heavy atom. The number of hydrogen-bond acceptors (Lipinski definition) is 5. The number of aromatic amines is 1. The summed E-state index contributed by atoms with van der Waals surface area (Å²) in [5.41, 5.74) is 3.87. The summed E-state index contributed by atoms with van der Waals surface area (Å²) >= 11 is 0. The van der Waals surface area contributed by atoms with Crippen molar-refractivity contribution in [1.29, 1.82) is 0 Å². The first-order valence-electron chi connectivity index (χ1n) is 8.63. The number of nitrogens with zero attached hydrogens (tertiary/aromatic N) is 2. The number of fused-ring (bicyclic) bond motifs is 4. The first kappa shape index (κ1) is 16.1. The molecule has 2 unspecified atom stereocenters. The molecule has 1 aliphatic heterocycles. The molecule has 0 saturated heterocycles. The maximum Gasteiger partial charge on any atom is 0.120 e. The van der Waals surface area contributed by atoms with E-state index in [0.717, 1.165) is 46.6 Å². The SMILES string of the molecule is CC1CNCCOC(C)c2cncc(c2)-c2n[nH]c3ccc(cc23)O1. The van der Waals surface area contributed by atoms with Crippen LogP contribution in [0.25, 0.3) is 22.2 Å². The molecule has 130 valence electrons. The Balaban J connectivity index is 1.81. The zero-order valence-electron chi connectivity index (χ0n) is 14.5.